The van der Waals surface area contributed by atoms with Crippen molar-refractivity contribution in [2.45, 2.75) is 31.7 Å². The van der Waals surface area contributed by atoms with Crippen molar-refractivity contribution in [1.29, 1.82) is 0 Å². The molecule has 1 atom stereocenters. The smallest absolute Gasteiger partial charge is 0.325 e. The molecule has 1 aromatic heterocycles. The molecule has 94 valence electrons. The van der Waals surface area contributed by atoms with Gasteiger partial charge in [-0.25, -0.2) is 0 Å². The van der Waals surface area contributed by atoms with E-state index in [-0.39, 0.29) is 6.42 Å². The number of hydrogen-bond donors (Lipinski definition) is 3. The van der Waals surface area contributed by atoms with E-state index in [1.165, 1.54) is 11.3 Å². The molecular formula is C11H15NO4S. The highest BCUT2D eigenvalue weighted by molar-refractivity contribution is 7.12. The summed E-state index contributed by atoms with van der Waals surface area (Å²) in [5, 5.41) is 17.2. The van der Waals surface area contributed by atoms with Gasteiger partial charge in [0.2, 0.25) is 0 Å². The molecule has 5 nitrogen and oxygen atoms in total. The van der Waals surface area contributed by atoms with Crippen molar-refractivity contribution in [2.24, 2.45) is 5.73 Å². The minimum absolute atomic E-state index is 0.173. The molecule has 1 rings (SSSR count). The van der Waals surface area contributed by atoms with E-state index in [0.29, 0.717) is 11.3 Å². The first-order valence-corrected chi connectivity index (χ1v) is 6.11. The average molecular weight is 257 g/mol. The van der Waals surface area contributed by atoms with Gasteiger partial charge in [0.25, 0.3) is 0 Å². The van der Waals surface area contributed by atoms with E-state index in [1.54, 1.807) is 6.07 Å². The molecule has 0 aliphatic carbocycles. The molecule has 0 saturated carbocycles. The van der Waals surface area contributed by atoms with E-state index in [0.717, 1.165) is 17.7 Å². The molecule has 0 aliphatic heterocycles. The molecule has 1 heterocycles. The van der Waals surface area contributed by atoms with Crippen LogP contribution in [0.3, 0.4) is 0 Å². The minimum atomic E-state index is -1.04. The van der Waals surface area contributed by atoms with Crippen molar-refractivity contribution < 1.29 is 19.8 Å². The van der Waals surface area contributed by atoms with Crippen molar-refractivity contribution in [2.75, 3.05) is 0 Å². The van der Waals surface area contributed by atoms with Crippen molar-refractivity contribution >= 4 is 23.3 Å². The van der Waals surface area contributed by atoms with Gasteiger partial charge in [0, 0.05) is 16.2 Å². The van der Waals surface area contributed by atoms with Crippen LogP contribution >= 0.6 is 11.3 Å². The Hall–Kier alpha value is -1.40. The lowest BCUT2D eigenvalue weighted by Crippen LogP contribution is -2.19. The monoisotopic (exact) mass is 257 g/mol. The summed E-state index contributed by atoms with van der Waals surface area (Å²) in [5.41, 5.74) is 5.48. The summed E-state index contributed by atoms with van der Waals surface area (Å²) in [4.78, 5) is 22.6. The van der Waals surface area contributed by atoms with Crippen LogP contribution in [0.25, 0.3) is 0 Å². The SMILES string of the molecule is NC(C(=O)O)c1ccc(CCCCC(=O)O)s1. The third-order valence-electron chi connectivity index (χ3n) is 2.32. The van der Waals surface area contributed by atoms with Crippen LogP contribution in [-0.2, 0) is 16.0 Å². The van der Waals surface area contributed by atoms with Crippen molar-refractivity contribution in [3.8, 4) is 0 Å². The van der Waals surface area contributed by atoms with Crippen molar-refractivity contribution in [1.82, 2.24) is 0 Å². The second kappa shape index (κ2) is 6.36. The number of carbonyl (C=O) groups is 2. The first kappa shape index (κ1) is 13.7. The molecule has 6 heteroatoms. The molecule has 0 fully saturated rings. The Kier molecular flexibility index (Phi) is 5.11. The predicted octanol–water partition coefficient (Wildman–Crippen LogP) is 1.63. The van der Waals surface area contributed by atoms with E-state index in [9.17, 15) is 9.59 Å². The number of thiophene rings is 1. The summed E-state index contributed by atoms with van der Waals surface area (Å²) in [6, 6.07) is 2.60. The maximum atomic E-state index is 10.7. The molecule has 0 amide bonds. The summed E-state index contributed by atoms with van der Waals surface area (Å²) in [6.07, 6.45) is 2.36. The van der Waals surface area contributed by atoms with Gasteiger partial charge in [-0.1, -0.05) is 0 Å². The Labute approximate surface area is 103 Å². The Bertz CT molecular complexity index is 402. The van der Waals surface area contributed by atoms with E-state index in [1.807, 2.05) is 6.07 Å². The largest absolute Gasteiger partial charge is 0.481 e. The van der Waals surface area contributed by atoms with Gasteiger partial charge in [-0.15, -0.1) is 11.3 Å². The molecule has 0 radical (unpaired) electrons. The van der Waals surface area contributed by atoms with Crippen LogP contribution in [0.5, 0.6) is 0 Å². The molecule has 0 saturated heterocycles. The van der Waals surface area contributed by atoms with Crippen LogP contribution in [0, 0.1) is 0 Å². The number of carboxylic acid groups (broad SMARTS) is 2. The molecule has 17 heavy (non-hydrogen) atoms. The molecule has 0 spiro atoms. The van der Waals surface area contributed by atoms with Crippen LogP contribution < -0.4 is 5.73 Å². The van der Waals surface area contributed by atoms with Crippen molar-refractivity contribution in [3.63, 3.8) is 0 Å². The average Bonchev–Trinajstić information content (AvgIpc) is 2.71. The lowest BCUT2D eigenvalue weighted by Gasteiger charge is -2.01. The fourth-order valence-electron chi connectivity index (χ4n) is 1.39. The zero-order chi connectivity index (χ0) is 12.8. The van der Waals surface area contributed by atoms with E-state index >= 15 is 0 Å². The Balaban J connectivity index is 2.41. The van der Waals surface area contributed by atoms with Gasteiger partial charge in [-0.3, -0.25) is 9.59 Å². The molecule has 1 aromatic rings. The van der Waals surface area contributed by atoms with Gasteiger partial charge in [0.1, 0.15) is 6.04 Å². The third-order valence-corrected chi connectivity index (χ3v) is 3.55. The lowest BCUT2D eigenvalue weighted by atomic mass is 10.2. The Morgan fingerprint density at radius 2 is 2.00 bits per heavy atom. The Morgan fingerprint density at radius 1 is 1.29 bits per heavy atom. The number of aliphatic carboxylic acids is 2. The molecule has 0 aromatic carbocycles. The van der Waals surface area contributed by atoms with Gasteiger partial charge in [-0.05, 0) is 31.4 Å². The number of rotatable bonds is 7. The topological polar surface area (TPSA) is 101 Å². The predicted molar refractivity (Wildman–Crippen MR) is 64.1 cm³/mol. The van der Waals surface area contributed by atoms with Gasteiger partial charge in [0.05, 0.1) is 0 Å². The van der Waals surface area contributed by atoms with Crippen molar-refractivity contribution in [3.05, 3.63) is 21.9 Å². The fraction of sp³-hybridized carbons (Fsp3) is 0.455. The maximum Gasteiger partial charge on any atom is 0.325 e. The van der Waals surface area contributed by atoms with Crippen LogP contribution in [-0.4, -0.2) is 22.2 Å². The van der Waals surface area contributed by atoms with Crippen LogP contribution in [0.2, 0.25) is 0 Å². The zero-order valence-electron chi connectivity index (χ0n) is 9.26. The highest BCUT2D eigenvalue weighted by Gasteiger charge is 2.16. The number of carboxylic acids is 2. The maximum absolute atomic E-state index is 10.7. The molecule has 4 N–H and O–H groups in total. The summed E-state index contributed by atoms with van der Waals surface area (Å²) < 4.78 is 0. The molecular weight excluding hydrogens is 242 g/mol. The van der Waals surface area contributed by atoms with Gasteiger partial charge < -0.3 is 15.9 Å². The minimum Gasteiger partial charge on any atom is -0.481 e. The number of hydrogen-bond acceptors (Lipinski definition) is 4. The second-order valence-corrected chi connectivity index (χ2v) is 4.92. The molecule has 0 bridgehead atoms. The van der Waals surface area contributed by atoms with E-state index in [4.69, 9.17) is 15.9 Å². The summed E-state index contributed by atoms with van der Waals surface area (Å²) in [6.45, 7) is 0. The van der Waals surface area contributed by atoms with Gasteiger partial charge >= 0.3 is 11.9 Å². The van der Waals surface area contributed by atoms with Crippen LogP contribution in [0.4, 0.5) is 0 Å². The highest BCUT2D eigenvalue weighted by Crippen LogP contribution is 2.23. The normalized spacial score (nSPS) is 12.3. The molecule has 0 aliphatic rings. The highest BCUT2D eigenvalue weighted by atomic mass is 32.1. The first-order valence-electron chi connectivity index (χ1n) is 5.29. The van der Waals surface area contributed by atoms with Gasteiger partial charge in [0.15, 0.2) is 0 Å². The van der Waals surface area contributed by atoms with Crippen LogP contribution in [0.1, 0.15) is 35.1 Å². The standard InChI is InChI=1S/C11H15NO4S/c12-10(11(15)16)8-6-5-7(17-8)3-1-2-4-9(13)14/h5-6,10H,1-4,12H2,(H,13,14)(H,15,16). The van der Waals surface area contributed by atoms with E-state index < -0.39 is 18.0 Å². The quantitative estimate of drug-likeness (QED) is 0.644. The zero-order valence-corrected chi connectivity index (χ0v) is 10.1. The summed E-state index contributed by atoms with van der Waals surface area (Å²) >= 11 is 1.37. The molecule has 1 unspecified atom stereocenters. The first-order chi connectivity index (χ1) is 8.00. The third kappa shape index (κ3) is 4.54. The van der Waals surface area contributed by atoms with Crippen LogP contribution in [0.15, 0.2) is 12.1 Å². The fourth-order valence-corrected chi connectivity index (χ4v) is 2.44. The number of unbranched alkanes of at least 4 members (excludes halogenated alkanes) is 1. The van der Waals surface area contributed by atoms with E-state index in [2.05, 4.69) is 0 Å². The Morgan fingerprint density at radius 3 is 2.59 bits per heavy atom. The second-order valence-electron chi connectivity index (χ2n) is 3.72. The summed E-state index contributed by atoms with van der Waals surface area (Å²) in [5.74, 6) is -1.82. The van der Waals surface area contributed by atoms with Gasteiger partial charge in [-0.2, -0.15) is 0 Å². The number of nitrogens with two attached hydrogens (primary N) is 1. The number of aryl methyl sites for hydroxylation is 1. The lowest BCUT2D eigenvalue weighted by molar-refractivity contribution is -0.139. The summed E-state index contributed by atoms with van der Waals surface area (Å²) in [7, 11) is 0.